The first-order valence-electron chi connectivity index (χ1n) is 9.24. The molecule has 0 radical (unpaired) electrons. The molecule has 158 valence electrons. The predicted molar refractivity (Wildman–Crippen MR) is 112 cm³/mol. The number of esters is 2. The van der Waals surface area contributed by atoms with Gasteiger partial charge in [-0.15, -0.1) is 0 Å². The van der Waals surface area contributed by atoms with Crippen LogP contribution in [0.4, 0.5) is 10.1 Å². The molecular weight excluding hydrogens is 419 g/mol. The summed E-state index contributed by atoms with van der Waals surface area (Å²) in [4.78, 5) is 38.9. The van der Waals surface area contributed by atoms with Crippen molar-refractivity contribution in [2.75, 3.05) is 0 Å². The minimum absolute atomic E-state index is 0.00794. The molecule has 0 fully saturated rings. The minimum Gasteiger partial charge on any atom is -0.423 e. The molecule has 0 N–H and O–H groups in total. The van der Waals surface area contributed by atoms with Crippen LogP contribution in [0.15, 0.2) is 83.5 Å². The first-order valence-corrected chi connectivity index (χ1v) is 9.24. The Kier molecular flexibility index (Phi) is 5.54. The number of nitro groups is 1. The van der Waals surface area contributed by atoms with Crippen molar-refractivity contribution < 1.29 is 28.4 Å². The fraction of sp³-hybridized carbons (Fsp3) is 0. The molecular formula is C23H13FN2O6. The summed E-state index contributed by atoms with van der Waals surface area (Å²) in [6, 6.07) is 16.9. The van der Waals surface area contributed by atoms with E-state index in [9.17, 15) is 24.1 Å². The number of carbonyl (C=O) groups is 2. The Bertz CT molecular complexity index is 1320. The van der Waals surface area contributed by atoms with E-state index in [2.05, 4.69) is 4.99 Å². The highest BCUT2D eigenvalue weighted by Crippen LogP contribution is 2.23. The van der Waals surface area contributed by atoms with Gasteiger partial charge in [0.1, 0.15) is 11.6 Å². The van der Waals surface area contributed by atoms with Crippen molar-refractivity contribution in [3.05, 3.63) is 111 Å². The first-order chi connectivity index (χ1) is 15.4. The Morgan fingerprint density at radius 2 is 1.84 bits per heavy atom. The lowest BCUT2D eigenvalue weighted by Crippen LogP contribution is -2.08. The summed E-state index contributed by atoms with van der Waals surface area (Å²) in [7, 11) is 0. The molecule has 0 amide bonds. The van der Waals surface area contributed by atoms with E-state index in [1.165, 1.54) is 54.6 Å². The fourth-order valence-corrected chi connectivity index (χ4v) is 2.89. The second kappa shape index (κ2) is 8.60. The quantitative estimate of drug-likeness (QED) is 0.196. The van der Waals surface area contributed by atoms with E-state index in [0.717, 1.165) is 6.07 Å². The van der Waals surface area contributed by atoms with Crippen molar-refractivity contribution in [3.8, 4) is 5.75 Å². The van der Waals surface area contributed by atoms with Crippen LogP contribution in [0.1, 0.15) is 21.5 Å². The molecule has 4 rings (SSSR count). The molecule has 0 aliphatic carbocycles. The molecule has 0 atom stereocenters. The normalized spacial score (nSPS) is 14.1. The van der Waals surface area contributed by atoms with Crippen LogP contribution < -0.4 is 4.74 Å². The zero-order chi connectivity index (χ0) is 22.7. The summed E-state index contributed by atoms with van der Waals surface area (Å²) in [5, 5.41) is 10.9. The standard InChI is InChI=1S/C23H13FN2O6/c24-17-7-2-5-15(12-17)21-25-20(23(28)32-21)11-14-4-1-9-19(10-14)31-22(27)16-6-3-8-18(13-16)26(29)30/h1-13H/b20-11-. The lowest BCUT2D eigenvalue weighted by molar-refractivity contribution is -0.384. The van der Waals surface area contributed by atoms with E-state index in [0.29, 0.717) is 11.1 Å². The maximum atomic E-state index is 13.4. The Balaban J connectivity index is 1.55. The van der Waals surface area contributed by atoms with E-state index in [4.69, 9.17) is 9.47 Å². The highest BCUT2D eigenvalue weighted by Gasteiger charge is 2.24. The van der Waals surface area contributed by atoms with Gasteiger partial charge < -0.3 is 9.47 Å². The number of aliphatic imine (C=N–C) groups is 1. The van der Waals surface area contributed by atoms with Crippen LogP contribution in [0.2, 0.25) is 0 Å². The molecule has 32 heavy (non-hydrogen) atoms. The van der Waals surface area contributed by atoms with Crippen LogP contribution in [0.25, 0.3) is 6.08 Å². The van der Waals surface area contributed by atoms with Gasteiger partial charge in [0.15, 0.2) is 5.70 Å². The zero-order valence-corrected chi connectivity index (χ0v) is 16.2. The molecule has 0 aromatic heterocycles. The number of hydrogen-bond donors (Lipinski definition) is 0. The highest BCUT2D eigenvalue weighted by molar-refractivity contribution is 6.12. The van der Waals surface area contributed by atoms with Crippen LogP contribution in [-0.4, -0.2) is 22.8 Å². The summed E-state index contributed by atoms with van der Waals surface area (Å²) >= 11 is 0. The Morgan fingerprint density at radius 3 is 2.62 bits per heavy atom. The lowest BCUT2D eigenvalue weighted by atomic mass is 10.1. The van der Waals surface area contributed by atoms with E-state index in [-0.39, 0.29) is 28.6 Å². The second-order valence-corrected chi connectivity index (χ2v) is 6.62. The third-order valence-electron chi connectivity index (χ3n) is 4.36. The van der Waals surface area contributed by atoms with Gasteiger partial charge in [-0.2, -0.15) is 0 Å². The van der Waals surface area contributed by atoms with Crippen molar-refractivity contribution >= 4 is 29.6 Å². The monoisotopic (exact) mass is 432 g/mol. The van der Waals surface area contributed by atoms with Crippen LogP contribution in [-0.2, 0) is 9.53 Å². The number of non-ortho nitro benzene ring substituents is 1. The number of nitrogens with zero attached hydrogens (tertiary/aromatic N) is 2. The maximum absolute atomic E-state index is 13.4. The van der Waals surface area contributed by atoms with Crippen LogP contribution in [0.5, 0.6) is 5.75 Å². The summed E-state index contributed by atoms with van der Waals surface area (Å²) < 4.78 is 23.8. The third kappa shape index (κ3) is 4.57. The molecule has 9 heteroatoms. The number of rotatable bonds is 5. The molecule has 1 heterocycles. The van der Waals surface area contributed by atoms with Crippen molar-refractivity contribution in [3.63, 3.8) is 0 Å². The SMILES string of the molecule is O=C1OC(c2cccc(F)c2)=N/C1=C\c1cccc(OC(=O)c2cccc([N+](=O)[O-])c2)c1. The van der Waals surface area contributed by atoms with Gasteiger partial charge in [-0.3, -0.25) is 10.1 Å². The summed E-state index contributed by atoms with van der Waals surface area (Å²) in [5.74, 6) is -1.82. The summed E-state index contributed by atoms with van der Waals surface area (Å²) in [5.41, 5.74) is 0.592. The van der Waals surface area contributed by atoms with Crippen LogP contribution >= 0.6 is 0 Å². The Labute approximate surface area is 180 Å². The molecule has 1 aliphatic heterocycles. The van der Waals surface area contributed by atoms with E-state index < -0.39 is 22.7 Å². The summed E-state index contributed by atoms with van der Waals surface area (Å²) in [6.45, 7) is 0. The first kappa shape index (κ1) is 20.6. The van der Waals surface area contributed by atoms with Gasteiger partial charge in [0.25, 0.3) is 5.69 Å². The predicted octanol–water partition coefficient (Wildman–Crippen LogP) is 4.30. The molecule has 3 aromatic rings. The molecule has 0 saturated heterocycles. The molecule has 0 spiro atoms. The third-order valence-corrected chi connectivity index (χ3v) is 4.36. The smallest absolute Gasteiger partial charge is 0.363 e. The number of hydrogen-bond acceptors (Lipinski definition) is 7. The topological polar surface area (TPSA) is 108 Å². The number of ether oxygens (including phenoxy) is 2. The number of benzene rings is 3. The largest absolute Gasteiger partial charge is 0.423 e. The average molecular weight is 432 g/mol. The van der Waals surface area contributed by atoms with Crippen molar-refractivity contribution in [1.82, 2.24) is 0 Å². The molecule has 1 aliphatic rings. The minimum atomic E-state index is -0.773. The fourth-order valence-electron chi connectivity index (χ4n) is 2.89. The van der Waals surface area contributed by atoms with Gasteiger partial charge >= 0.3 is 11.9 Å². The number of carbonyl (C=O) groups excluding carboxylic acids is 2. The number of nitro benzene ring substituents is 1. The summed E-state index contributed by atoms with van der Waals surface area (Å²) in [6.07, 6.45) is 1.43. The molecule has 8 nitrogen and oxygen atoms in total. The zero-order valence-electron chi connectivity index (χ0n) is 16.2. The van der Waals surface area contributed by atoms with Crippen molar-refractivity contribution in [2.24, 2.45) is 4.99 Å². The van der Waals surface area contributed by atoms with Gasteiger partial charge in [-0.05, 0) is 48.0 Å². The molecule has 3 aromatic carbocycles. The van der Waals surface area contributed by atoms with Gasteiger partial charge in [-0.1, -0.05) is 24.3 Å². The van der Waals surface area contributed by atoms with E-state index >= 15 is 0 Å². The average Bonchev–Trinajstić information content (AvgIpc) is 3.14. The molecule has 0 saturated carbocycles. The van der Waals surface area contributed by atoms with Crippen LogP contribution in [0, 0.1) is 15.9 Å². The maximum Gasteiger partial charge on any atom is 0.363 e. The molecule has 0 bridgehead atoms. The van der Waals surface area contributed by atoms with E-state index in [1.54, 1.807) is 18.2 Å². The van der Waals surface area contributed by atoms with Crippen molar-refractivity contribution in [2.45, 2.75) is 0 Å². The highest BCUT2D eigenvalue weighted by atomic mass is 19.1. The van der Waals surface area contributed by atoms with Gasteiger partial charge in [0, 0.05) is 17.7 Å². The molecule has 0 unspecified atom stereocenters. The number of cyclic esters (lactones) is 1. The van der Waals surface area contributed by atoms with Crippen molar-refractivity contribution in [1.29, 1.82) is 0 Å². The second-order valence-electron chi connectivity index (χ2n) is 6.62. The Hall–Kier alpha value is -4.66. The van der Waals surface area contributed by atoms with Gasteiger partial charge in [0.2, 0.25) is 5.90 Å². The van der Waals surface area contributed by atoms with E-state index in [1.807, 2.05) is 0 Å². The Morgan fingerprint density at radius 1 is 1.06 bits per heavy atom. The van der Waals surface area contributed by atoms with Crippen LogP contribution in [0.3, 0.4) is 0 Å². The van der Waals surface area contributed by atoms with Gasteiger partial charge in [-0.25, -0.2) is 19.0 Å². The number of halogens is 1. The lowest BCUT2D eigenvalue weighted by Gasteiger charge is -2.05. The van der Waals surface area contributed by atoms with Gasteiger partial charge in [0.05, 0.1) is 10.5 Å².